The predicted octanol–water partition coefficient (Wildman–Crippen LogP) is 3.03. The largest absolute Gasteiger partial charge is 0.310 e. The van der Waals surface area contributed by atoms with Crippen LogP contribution in [0.3, 0.4) is 0 Å². The summed E-state index contributed by atoms with van der Waals surface area (Å²) in [7, 11) is 0. The zero-order valence-corrected chi connectivity index (χ0v) is 11.2. The van der Waals surface area contributed by atoms with Crippen LogP contribution in [0.1, 0.15) is 31.1 Å². The minimum Gasteiger partial charge on any atom is -0.310 e. The molecular weight excluding hydrogens is 240 g/mol. The molecule has 1 amide bonds. The van der Waals surface area contributed by atoms with E-state index in [9.17, 15) is 9.59 Å². The summed E-state index contributed by atoms with van der Waals surface area (Å²) in [5.41, 5.74) is 0.599. The molecule has 0 bridgehead atoms. The van der Waals surface area contributed by atoms with Gasteiger partial charge in [0, 0.05) is 10.8 Å². The van der Waals surface area contributed by atoms with Gasteiger partial charge in [0.05, 0.1) is 11.1 Å². The summed E-state index contributed by atoms with van der Waals surface area (Å²) < 4.78 is 0. The third kappa shape index (κ3) is 2.78. The van der Waals surface area contributed by atoms with E-state index in [1.165, 1.54) is 0 Å². The summed E-state index contributed by atoms with van der Waals surface area (Å²) >= 11 is 0. The SMILES string of the molecule is CC(C)(C)C(=O)Nc1nc2ccccc2cc1C=O. The van der Waals surface area contributed by atoms with Crippen molar-refractivity contribution in [1.29, 1.82) is 0 Å². The topological polar surface area (TPSA) is 59.1 Å². The highest BCUT2D eigenvalue weighted by Gasteiger charge is 2.22. The molecule has 0 aliphatic rings. The van der Waals surface area contributed by atoms with Crippen molar-refractivity contribution in [3.05, 3.63) is 35.9 Å². The Labute approximate surface area is 111 Å². The number of hydrogen-bond acceptors (Lipinski definition) is 3. The Morgan fingerprint density at radius 3 is 2.58 bits per heavy atom. The maximum Gasteiger partial charge on any atom is 0.230 e. The molecule has 0 fully saturated rings. The number of hydrogen-bond donors (Lipinski definition) is 1. The van der Waals surface area contributed by atoms with Gasteiger partial charge in [0.1, 0.15) is 5.82 Å². The normalized spacial score (nSPS) is 11.3. The van der Waals surface area contributed by atoms with Crippen LogP contribution in [0.25, 0.3) is 10.9 Å². The summed E-state index contributed by atoms with van der Waals surface area (Å²) in [6.07, 6.45) is 0.706. The van der Waals surface area contributed by atoms with Crippen molar-refractivity contribution in [3.8, 4) is 0 Å². The number of rotatable bonds is 2. The van der Waals surface area contributed by atoms with Crippen molar-refractivity contribution in [1.82, 2.24) is 4.98 Å². The molecule has 4 heteroatoms. The van der Waals surface area contributed by atoms with E-state index in [4.69, 9.17) is 0 Å². The number of para-hydroxylation sites is 1. The third-order valence-corrected chi connectivity index (χ3v) is 2.79. The number of benzene rings is 1. The van der Waals surface area contributed by atoms with Crippen LogP contribution in [-0.4, -0.2) is 17.2 Å². The molecule has 1 N–H and O–H groups in total. The number of carbonyl (C=O) groups is 2. The molecule has 1 aromatic carbocycles. The van der Waals surface area contributed by atoms with Crippen LogP contribution in [0.4, 0.5) is 5.82 Å². The van der Waals surface area contributed by atoms with Crippen LogP contribution in [0, 0.1) is 5.41 Å². The van der Waals surface area contributed by atoms with Gasteiger partial charge in [0.25, 0.3) is 0 Å². The van der Waals surface area contributed by atoms with E-state index in [1.54, 1.807) is 6.07 Å². The molecule has 19 heavy (non-hydrogen) atoms. The quantitative estimate of drug-likeness (QED) is 0.840. The van der Waals surface area contributed by atoms with Crippen LogP contribution in [-0.2, 0) is 4.79 Å². The lowest BCUT2D eigenvalue weighted by molar-refractivity contribution is -0.123. The van der Waals surface area contributed by atoms with Crippen molar-refractivity contribution in [3.63, 3.8) is 0 Å². The average Bonchev–Trinajstić information content (AvgIpc) is 2.36. The standard InChI is InChI=1S/C15H16N2O2/c1-15(2,3)14(19)17-13-11(9-18)8-10-6-4-5-7-12(10)16-13/h4-9H,1-3H3,(H,16,17,19). The molecule has 1 aromatic heterocycles. The summed E-state index contributed by atoms with van der Waals surface area (Å²) in [6, 6.07) is 9.20. The molecule has 0 spiro atoms. The number of amides is 1. The van der Waals surface area contributed by atoms with Gasteiger partial charge in [-0.15, -0.1) is 0 Å². The van der Waals surface area contributed by atoms with E-state index in [2.05, 4.69) is 10.3 Å². The molecule has 98 valence electrons. The highest BCUT2D eigenvalue weighted by molar-refractivity contribution is 6.00. The highest BCUT2D eigenvalue weighted by atomic mass is 16.2. The molecule has 0 radical (unpaired) electrons. The van der Waals surface area contributed by atoms with E-state index in [0.29, 0.717) is 17.7 Å². The van der Waals surface area contributed by atoms with Crippen LogP contribution >= 0.6 is 0 Å². The number of anilines is 1. The fourth-order valence-corrected chi connectivity index (χ4v) is 1.62. The minimum absolute atomic E-state index is 0.168. The Kier molecular flexibility index (Phi) is 3.34. The van der Waals surface area contributed by atoms with Crippen molar-refractivity contribution < 1.29 is 9.59 Å². The Hall–Kier alpha value is -2.23. The third-order valence-electron chi connectivity index (χ3n) is 2.79. The summed E-state index contributed by atoms with van der Waals surface area (Å²) in [6.45, 7) is 5.43. The first-order valence-electron chi connectivity index (χ1n) is 6.08. The Balaban J connectivity index is 2.47. The van der Waals surface area contributed by atoms with Gasteiger partial charge in [0.15, 0.2) is 6.29 Å². The molecule has 0 aliphatic carbocycles. The van der Waals surface area contributed by atoms with Crippen molar-refractivity contribution in [2.24, 2.45) is 5.41 Å². The lowest BCUT2D eigenvalue weighted by Crippen LogP contribution is -2.28. The molecule has 0 saturated heterocycles. The van der Waals surface area contributed by atoms with E-state index < -0.39 is 5.41 Å². The van der Waals surface area contributed by atoms with Gasteiger partial charge in [-0.05, 0) is 12.1 Å². The molecule has 1 heterocycles. The Morgan fingerprint density at radius 2 is 1.95 bits per heavy atom. The second kappa shape index (κ2) is 4.80. The van der Waals surface area contributed by atoms with Crippen molar-refractivity contribution in [2.45, 2.75) is 20.8 Å². The minimum atomic E-state index is -0.534. The summed E-state index contributed by atoms with van der Waals surface area (Å²) in [4.78, 5) is 27.4. The lowest BCUT2D eigenvalue weighted by Gasteiger charge is -2.18. The molecule has 0 unspecified atom stereocenters. The monoisotopic (exact) mass is 256 g/mol. The summed E-state index contributed by atoms with van der Waals surface area (Å²) in [5, 5.41) is 3.59. The van der Waals surface area contributed by atoms with Gasteiger partial charge in [0.2, 0.25) is 5.91 Å². The number of nitrogens with zero attached hydrogens (tertiary/aromatic N) is 1. The Bertz CT molecular complexity index is 642. The second-order valence-corrected chi connectivity index (χ2v) is 5.44. The first kappa shape index (κ1) is 13.2. The van der Waals surface area contributed by atoms with E-state index in [1.807, 2.05) is 45.0 Å². The number of nitrogens with one attached hydrogen (secondary N) is 1. The fourth-order valence-electron chi connectivity index (χ4n) is 1.62. The fraction of sp³-hybridized carbons (Fsp3) is 0.267. The molecule has 4 nitrogen and oxygen atoms in total. The average molecular weight is 256 g/mol. The van der Waals surface area contributed by atoms with Crippen LogP contribution < -0.4 is 5.32 Å². The van der Waals surface area contributed by atoms with E-state index in [0.717, 1.165) is 10.9 Å². The number of pyridine rings is 1. The molecule has 0 aliphatic heterocycles. The number of aldehydes is 1. The maximum atomic E-state index is 12.0. The smallest absolute Gasteiger partial charge is 0.230 e. The number of aromatic nitrogens is 1. The predicted molar refractivity (Wildman–Crippen MR) is 75.2 cm³/mol. The van der Waals surface area contributed by atoms with Gasteiger partial charge in [-0.2, -0.15) is 0 Å². The molecule has 2 aromatic rings. The van der Waals surface area contributed by atoms with Crippen LogP contribution in [0.15, 0.2) is 30.3 Å². The maximum absolute atomic E-state index is 12.0. The number of fused-ring (bicyclic) bond motifs is 1. The molecule has 0 saturated carbocycles. The Morgan fingerprint density at radius 1 is 1.26 bits per heavy atom. The first-order chi connectivity index (χ1) is 8.91. The summed E-state index contributed by atoms with van der Waals surface area (Å²) in [5.74, 6) is 0.145. The molecule has 0 atom stereocenters. The van der Waals surface area contributed by atoms with Gasteiger partial charge in [-0.1, -0.05) is 39.0 Å². The molecular formula is C15H16N2O2. The molecule has 2 rings (SSSR count). The van der Waals surface area contributed by atoms with Gasteiger partial charge >= 0.3 is 0 Å². The van der Waals surface area contributed by atoms with E-state index >= 15 is 0 Å². The second-order valence-electron chi connectivity index (χ2n) is 5.44. The zero-order chi connectivity index (χ0) is 14.0. The van der Waals surface area contributed by atoms with Crippen LogP contribution in [0.5, 0.6) is 0 Å². The van der Waals surface area contributed by atoms with Crippen LogP contribution in [0.2, 0.25) is 0 Å². The van der Waals surface area contributed by atoms with E-state index in [-0.39, 0.29) is 5.91 Å². The van der Waals surface area contributed by atoms with Crippen molar-refractivity contribution in [2.75, 3.05) is 5.32 Å². The van der Waals surface area contributed by atoms with Gasteiger partial charge in [-0.3, -0.25) is 9.59 Å². The number of carbonyl (C=O) groups excluding carboxylic acids is 2. The highest BCUT2D eigenvalue weighted by Crippen LogP contribution is 2.22. The van der Waals surface area contributed by atoms with Gasteiger partial charge in [-0.25, -0.2) is 4.98 Å². The lowest BCUT2D eigenvalue weighted by atomic mass is 9.95. The first-order valence-corrected chi connectivity index (χ1v) is 6.08. The zero-order valence-electron chi connectivity index (χ0n) is 11.2. The van der Waals surface area contributed by atoms with Gasteiger partial charge < -0.3 is 5.32 Å². The van der Waals surface area contributed by atoms with Crippen molar-refractivity contribution >= 4 is 28.9 Å².